The zero-order valence-electron chi connectivity index (χ0n) is 33.3. The lowest BCUT2D eigenvalue weighted by Crippen LogP contribution is -2.67. The lowest BCUT2D eigenvalue weighted by atomic mass is 9.33. The second kappa shape index (κ2) is 13.3. The molecule has 6 aliphatic rings. The molecule has 8 heteroatoms. The Bertz CT molecular complexity index is 1460. The summed E-state index contributed by atoms with van der Waals surface area (Å²) in [5.74, 6) is 0.202. The minimum absolute atomic E-state index is 0.00188. The van der Waals surface area contributed by atoms with Crippen LogP contribution in [0.25, 0.3) is 0 Å². The molecule has 8 nitrogen and oxygen atoms in total. The average Bonchev–Trinajstić information content (AvgIpc) is 3.33. The number of aliphatic carboxylic acids is 1. The molecule has 286 valence electrons. The number of allylic oxidation sites excluding steroid dienone is 1. The van der Waals surface area contributed by atoms with E-state index in [9.17, 15) is 24.3 Å². The summed E-state index contributed by atoms with van der Waals surface area (Å²) < 4.78 is 6.16. The number of likely N-dealkylation sites (tertiary alicyclic amines) is 1. The van der Waals surface area contributed by atoms with Crippen LogP contribution < -0.4 is 5.32 Å². The first-order valence-corrected chi connectivity index (χ1v) is 20.5. The second-order valence-corrected chi connectivity index (χ2v) is 20.2. The monoisotopic (exact) mass is 709 g/mol. The minimum Gasteiger partial charge on any atom is -0.481 e. The third-order valence-electron chi connectivity index (χ3n) is 16.3. The number of carboxylic acid groups (broad SMARTS) is 1. The van der Waals surface area contributed by atoms with Crippen LogP contribution in [0.4, 0.5) is 0 Å². The lowest BCUT2D eigenvalue weighted by molar-refractivity contribution is -0.232. The highest BCUT2D eigenvalue weighted by Gasteiger charge is 2.70. The highest BCUT2D eigenvalue weighted by atomic mass is 16.5. The Morgan fingerprint density at radius 3 is 2.24 bits per heavy atom. The maximum atomic E-state index is 14.0. The van der Waals surface area contributed by atoms with Crippen molar-refractivity contribution in [1.82, 2.24) is 10.2 Å². The van der Waals surface area contributed by atoms with Gasteiger partial charge in [0.05, 0.1) is 17.4 Å². The van der Waals surface area contributed by atoms with Crippen LogP contribution >= 0.6 is 0 Å². The van der Waals surface area contributed by atoms with Gasteiger partial charge in [-0.2, -0.15) is 0 Å². The first-order valence-electron chi connectivity index (χ1n) is 20.5. The van der Waals surface area contributed by atoms with E-state index in [4.69, 9.17) is 4.74 Å². The zero-order chi connectivity index (χ0) is 37.4. The van der Waals surface area contributed by atoms with Gasteiger partial charge in [0.1, 0.15) is 6.10 Å². The van der Waals surface area contributed by atoms with Gasteiger partial charge >= 0.3 is 11.9 Å². The van der Waals surface area contributed by atoms with Gasteiger partial charge in [-0.15, -0.1) is 0 Å². The molecule has 51 heavy (non-hydrogen) atoms. The van der Waals surface area contributed by atoms with Crippen LogP contribution in [-0.2, 0) is 23.9 Å². The van der Waals surface area contributed by atoms with Crippen molar-refractivity contribution in [3.63, 3.8) is 0 Å². The third-order valence-corrected chi connectivity index (χ3v) is 16.3. The van der Waals surface area contributed by atoms with Crippen molar-refractivity contribution in [3.8, 4) is 0 Å². The minimum atomic E-state index is -1.16. The fourth-order valence-electron chi connectivity index (χ4n) is 13.3. The molecule has 0 unspecified atom stereocenters. The molecular weight excluding hydrogens is 640 g/mol. The molecule has 1 amide bonds. The van der Waals surface area contributed by atoms with E-state index in [1.54, 1.807) is 13.8 Å². The Labute approximate surface area is 307 Å². The summed E-state index contributed by atoms with van der Waals surface area (Å²) in [6.07, 6.45) is 12.1. The molecule has 4 saturated carbocycles. The second-order valence-electron chi connectivity index (χ2n) is 20.2. The molecule has 1 saturated heterocycles. The van der Waals surface area contributed by atoms with Gasteiger partial charge in [0.15, 0.2) is 5.78 Å². The SMILES string of the molecule is CC(C)C1=C2[C@H]3CC[C@@H]4[C@@]5(C)CC[C@H](OC(=O)CC(C)(C)C(=O)O)C(C)(C)[C@@H]5CC[C@@]4(C)[C@]3(C)CC[C@@]2(NC(=O)CCN2CCCCC2)CC1=O. The number of ether oxygens (including phenoxy) is 1. The predicted molar refractivity (Wildman–Crippen MR) is 199 cm³/mol. The molecule has 5 fully saturated rings. The molecule has 6 rings (SSSR count). The number of Topliss-reactive ketones (excluding diaryl/α,β-unsaturated/α-hetero) is 1. The van der Waals surface area contributed by atoms with E-state index >= 15 is 0 Å². The highest BCUT2D eigenvalue weighted by Crippen LogP contribution is 2.76. The first-order chi connectivity index (χ1) is 23.7. The third kappa shape index (κ3) is 6.23. The van der Waals surface area contributed by atoms with E-state index in [1.807, 2.05) is 0 Å². The van der Waals surface area contributed by atoms with E-state index in [1.165, 1.54) is 24.8 Å². The van der Waals surface area contributed by atoms with Crippen LogP contribution in [0.2, 0.25) is 0 Å². The number of nitrogens with zero attached hydrogens (tertiary/aromatic N) is 1. The maximum absolute atomic E-state index is 14.0. The van der Waals surface area contributed by atoms with Gasteiger partial charge in [-0.25, -0.2) is 0 Å². The van der Waals surface area contributed by atoms with Crippen molar-refractivity contribution in [3.05, 3.63) is 11.1 Å². The smallest absolute Gasteiger partial charge is 0.309 e. The molecular formula is C43H68N2O6. The quantitative estimate of drug-likeness (QED) is 0.233. The number of carbonyl (C=O) groups excluding carboxylic acids is 3. The number of nitrogens with one attached hydrogen (secondary N) is 1. The summed E-state index contributed by atoms with van der Waals surface area (Å²) in [7, 11) is 0. The first kappa shape index (κ1) is 38.5. The van der Waals surface area contributed by atoms with Gasteiger partial charge in [-0.3, -0.25) is 19.2 Å². The number of fused-ring (bicyclic) bond motifs is 7. The molecule has 1 aliphatic heterocycles. The van der Waals surface area contributed by atoms with Crippen LogP contribution in [0.5, 0.6) is 0 Å². The summed E-state index contributed by atoms with van der Waals surface area (Å²) in [6.45, 7) is 22.6. The fraction of sp³-hybridized carbons (Fsp3) is 0.860. The maximum Gasteiger partial charge on any atom is 0.309 e. The van der Waals surface area contributed by atoms with E-state index in [-0.39, 0.29) is 57.7 Å². The number of piperidine rings is 1. The van der Waals surface area contributed by atoms with Crippen molar-refractivity contribution in [1.29, 1.82) is 0 Å². The van der Waals surface area contributed by atoms with E-state index in [2.05, 4.69) is 58.7 Å². The molecule has 0 spiro atoms. The van der Waals surface area contributed by atoms with Crippen LogP contribution in [-0.4, -0.2) is 64.9 Å². The number of hydrogen-bond donors (Lipinski definition) is 2. The zero-order valence-corrected chi connectivity index (χ0v) is 33.3. The average molecular weight is 709 g/mol. The Balaban J connectivity index is 1.25. The number of rotatable bonds is 9. The molecule has 2 N–H and O–H groups in total. The Morgan fingerprint density at radius 2 is 1.59 bits per heavy atom. The van der Waals surface area contributed by atoms with Gasteiger partial charge in [0.2, 0.25) is 5.91 Å². The molecule has 0 aromatic rings. The van der Waals surface area contributed by atoms with E-state index in [0.717, 1.165) is 76.6 Å². The molecule has 5 aliphatic carbocycles. The van der Waals surface area contributed by atoms with Gasteiger partial charge in [-0.1, -0.05) is 54.9 Å². The molecule has 1 heterocycles. The molecule has 0 radical (unpaired) electrons. The van der Waals surface area contributed by atoms with Crippen molar-refractivity contribution in [2.45, 2.75) is 164 Å². The van der Waals surface area contributed by atoms with Gasteiger partial charge in [0.25, 0.3) is 0 Å². The predicted octanol–water partition coefficient (Wildman–Crippen LogP) is 8.12. The van der Waals surface area contributed by atoms with Crippen LogP contribution in [0, 0.1) is 50.7 Å². The van der Waals surface area contributed by atoms with Gasteiger partial charge in [-0.05, 0) is 142 Å². The molecule has 0 aromatic heterocycles. The molecule has 0 bridgehead atoms. The Morgan fingerprint density at radius 1 is 0.902 bits per heavy atom. The van der Waals surface area contributed by atoms with E-state index < -0.39 is 22.9 Å². The topological polar surface area (TPSA) is 113 Å². The number of esters is 1. The van der Waals surface area contributed by atoms with Crippen molar-refractivity contribution in [2.75, 3.05) is 19.6 Å². The van der Waals surface area contributed by atoms with Crippen LogP contribution in [0.3, 0.4) is 0 Å². The normalized spacial score (nSPS) is 39.5. The van der Waals surface area contributed by atoms with Crippen molar-refractivity contribution >= 4 is 23.6 Å². The number of ketones is 1. The van der Waals surface area contributed by atoms with Gasteiger partial charge < -0.3 is 20.1 Å². The fourth-order valence-corrected chi connectivity index (χ4v) is 13.3. The number of hydrogen-bond acceptors (Lipinski definition) is 6. The molecule has 8 atom stereocenters. The largest absolute Gasteiger partial charge is 0.481 e. The summed E-state index contributed by atoms with van der Waals surface area (Å²) in [5, 5.41) is 13.2. The molecule has 0 aromatic carbocycles. The highest BCUT2D eigenvalue weighted by molar-refractivity contribution is 6.02. The number of carbonyl (C=O) groups is 4. The summed E-state index contributed by atoms with van der Waals surface area (Å²) >= 11 is 0. The van der Waals surface area contributed by atoms with E-state index in [0.29, 0.717) is 24.7 Å². The standard InChI is InChI=1S/C43H68N2O6/c1-27(2)35-29(46)25-43(44-33(47)17-24-45-22-11-10-12-23-45)21-20-41(8)28(36(35)43)13-14-31-40(7)18-16-32(51-34(48)26-38(3,4)37(49)50)39(5,6)30(40)15-19-42(31,41)9/h27-28,30-32H,10-26H2,1-9H3,(H,44,47)(H,49,50)/t28-,30+,31-,32+,40+,41-,42-,43-/m1/s1. The van der Waals surface area contributed by atoms with Crippen LogP contribution in [0.1, 0.15) is 152 Å². The number of amides is 1. The summed E-state index contributed by atoms with van der Waals surface area (Å²) in [5.41, 5.74) is 0.482. The summed E-state index contributed by atoms with van der Waals surface area (Å²) in [4.78, 5) is 54.9. The van der Waals surface area contributed by atoms with Crippen molar-refractivity contribution in [2.24, 2.45) is 50.7 Å². The van der Waals surface area contributed by atoms with Gasteiger partial charge in [0, 0.05) is 24.8 Å². The Hall–Kier alpha value is -2.22. The summed E-state index contributed by atoms with van der Waals surface area (Å²) in [6, 6.07) is 0. The van der Waals surface area contributed by atoms with Crippen molar-refractivity contribution < 1.29 is 29.0 Å². The Kier molecular flexibility index (Phi) is 10.0. The number of carboxylic acids is 1. The lowest BCUT2D eigenvalue weighted by Gasteiger charge is -2.72. The van der Waals surface area contributed by atoms with Crippen LogP contribution in [0.15, 0.2) is 11.1 Å².